The van der Waals surface area contributed by atoms with Crippen LogP contribution in [0.15, 0.2) is 36.8 Å². The van der Waals surface area contributed by atoms with E-state index in [2.05, 4.69) is 20.2 Å². The molecule has 1 amide bonds. The molecule has 0 atom stereocenters. The van der Waals surface area contributed by atoms with Gasteiger partial charge in [-0.15, -0.1) is 0 Å². The summed E-state index contributed by atoms with van der Waals surface area (Å²) in [6, 6.07) is 7.58. The van der Waals surface area contributed by atoms with Crippen molar-refractivity contribution in [1.82, 2.24) is 25.1 Å². The van der Waals surface area contributed by atoms with Crippen LogP contribution in [0.3, 0.4) is 0 Å². The molecule has 4 rings (SSSR count). The Bertz CT molecular complexity index is 845. The van der Waals surface area contributed by atoms with E-state index in [1.165, 1.54) is 6.33 Å². The van der Waals surface area contributed by atoms with Crippen molar-refractivity contribution in [3.63, 3.8) is 0 Å². The van der Waals surface area contributed by atoms with Crippen LogP contribution in [0.4, 0.5) is 0 Å². The van der Waals surface area contributed by atoms with Crippen LogP contribution in [-0.2, 0) is 6.54 Å². The highest BCUT2D eigenvalue weighted by atomic mass is 16.5. The van der Waals surface area contributed by atoms with Crippen LogP contribution in [-0.4, -0.2) is 44.1 Å². The van der Waals surface area contributed by atoms with Crippen LogP contribution < -0.4 is 4.74 Å². The van der Waals surface area contributed by atoms with Crippen molar-refractivity contribution in [2.24, 2.45) is 0 Å². The molecule has 1 aliphatic rings. The number of fused-ring (bicyclic) bond motifs is 2. The van der Waals surface area contributed by atoms with Gasteiger partial charge < -0.3 is 9.64 Å². The number of carbonyl (C=O) groups excluding carboxylic acids is 1. The van der Waals surface area contributed by atoms with E-state index in [9.17, 15) is 4.79 Å². The smallest absolute Gasteiger partial charge is 0.275 e. The molecule has 1 aliphatic heterocycles. The first kappa shape index (κ1) is 12.8. The summed E-state index contributed by atoms with van der Waals surface area (Å²) >= 11 is 0. The second-order valence-corrected chi connectivity index (χ2v) is 5.03. The molecule has 0 fully saturated rings. The molecule has 3 heterocycles. The fourth-order valence-electron chi connectivity index (χ4n) is 2.56. The number of hydrogen-bond donors (Lipinski definition) is 1. The molecule has 1 N–H and O–H groups in total. The van der Waals surface area contributed by atoms with Gasteiger partial charge in [0.1, 0.15) is 18.6 Å². The molecule has 22 heavy (non-hydrogen) atoms. The maximum absolute atomic E-state index is 12.8. The highest BCUT2D eigenvalue weighted by Gasteiger charge is 2.24. The van der Waals surface area contributed by atoms with Crippen molar-refractivity contribution in [2.75, 3.05) is 13.2 Å². The SMILES string of the molecule is O=C(c1n[nH]c2ccccc12)N1CCOc2cncnc2C1. The Morgan fingerprint density at radius 2 is 2.23 bits per heavy atom. The highest BCUT2D eigenvalue weighted by Crippen LogP contribution is 2.22. The number of rotatable bonds is 1. The van der Waals surface area contributed by atoms with Gasteiger partial charge in [-0.1, -0.05) is 18.2 Å². The van der Waals surface area contributed by atoms with Crippen LogP contribution >= 0.6 is 0 Å². The predicted molar refractivity (Wildman–Crippen MR) is 78.4 cm³/mol. The molecule has 0 aliphatic carbocycles. The summed E-state index contributed by atoms with van der Waals surface area (Å²) in [4.78, 5) is 22.6. The lowest BCUT2D eigenvalue weighted by atomic mass is 10.2. The minimum atomic E-state index is -0.132. The lowest BCUT2D eigenvalue weighted by Crippen LogP contribution is -2.33. The molecule has 0 radical (unpaired) electrons. The zero-order chi connectivity index (χ0) is 14.9. The Morgan fingerprint density at radius 3 is 3.18 bits per heavy atom. The number of nitrogens with zero attached hydrogens (tertiary/aromatic N) is 4. The van der Waals surface area contributed by atoms with Crippen molar-refractivity contribution in [3.8, 4) is 5.75 Å². The number of H-pyrrole nitrogens is 1. The standard InChI is InChI=1S/C15H13N5O2/c21-15(14-10-3-1-2-4-11(10)18-19-14)20-5-6-22-13-7-16-9-17-12(13)8-20/h1-4,7,9H,5-6,8H2,(H,18,19). The summed E-state index contributed by atoms with van der Waals surface area (Å²) in [5.74, 6) is 0.497. The number of benzene rings is 1. The van der Waals surface area contributed by atoms with E-state index in [0.717, 1.165) is 10.9 Å². The van der Waals surface area contributed by atoms with Gasteiger partial charge in [0.15, 0.2) is 11.4 Å². The highest BCUT2D eigenvalue weighted by molar-refractivity contribution is 6.04. The molecule has 110 valence electrons. The molecule has 7 nitrogen and oxygen atoms in total. The van der Waals surface area contributed by atoms with Gasteiger partial charge >= 0.3 is 0 Å². The van der Waals surface area contributed by atoms with Gasteiger partial charge in [0.05, 0.1) is 24.8 Å². The van der Waals surface area contributed by atoms with Crippen LogP contribution in [0.2, 0.25) is 0 Å². The number of amides is 1. The largest absolute Gasteiger partial charge is 0.488 e. The predicted octanol–water partition coefficient (Wildman–Crippen LogP) is 1.39. The summed E-state index contributed by atoms with van der Waals surface area (Å²) < 4.78 is 5.59. The topological polar surface area (TPSA) is 84.0 Å². The van der Waals surface area contributed by atoms with E-state index in [-0.39, 0.29) is 5.91 Å². The molecule has 7 heteroatoms. The summed E-state index contributed by atoms with van der Waals surface area (Å²) in [5, 5.41) is 7.88. The van der Waals surface area contributed by atoms with Crippen LogP contribution in [0.5, 0.6) is 5.75 Å². The maximum atomic E-state index is 12.8. The van der Waals surface area contributed by atoms with Gasteiger partial charge in [-0.05, 0) is 6.07 Å². The van der Waals surface area contributed by atoms with Crippen molar-refractivity contribution >= 4 is 16.8 Å². The number of ether oxygens (including phenoxy) is 1. The van der Waals surface area contributed by atoms with E-state index in [4.69, 9.17) is 4.74 Å². The average Bonchev–Trinajstić information content (AvgIpc) is 2.86. The van der Waals surface area contributed by atoms with Crippen molar-refractivity contribution in [2.45, 2.75) is 6.54 Å². The zero-order valence-electron chi connectivity index (χ0n) is 11.7. The number of nitrogens with one attached hydrogen (secondary N) is 1. The van der Waals surface area contributed by atoms with Gasteiger partial charge in [0.2, 0.25) is 0 Å². The van der Waals surface area contributed by atoms with E-state index in [1.807, 2.05) is 24.3 Å². The lowest BCUT2D eigenvalue weighted by Gasteiger charge is -2.18. The Balaban J connectivity index is 1.68. The molecule has 1 aromatic carbocycles. The fraction of sp³-hybridized carbons (Fsp3) is 0.200. The third-order valence-electron chi connectivity index (χ3n) is 3.68. The molecule has 0 spiro atoms. The maximum Gasteiger partial charge on any atom is 0.275 e. The van der Waals surface area contributed by atoms with Crippen LogP contribution in [0, 0.1) is 0 Å². The third kappa shape index (κ3) is 2.07. The Labute approximate surface area is 125 Å². The van der Waals surface area contributed by atoms with E-state index < -0.39 is 0 Å². The Kier molecular flexibility index (Phi) is 2.96. The van der Waals surface area contributed by atoms with Gasteiger partial charge in [-0.25, -0.2) is 9.97 Å². The van der Waals surface area contributed by atoms with Gasteiger partial charge in [0, 0.05) is 5.39 Å². The second kappa shape index (κ2) is 5.10. The first-order valence-corrected chi connectivity index (χ1v) is 6.97. The van der Waals surface area contributed by atoms with Gasteiger partial charge in [0.25, 0.3) is 5.91 Å². The van der Waals surface area contributed by atoms with E-state index in [1.54, 1.807) is 11.1 Å². The summed E-state index contributed by atoms with van der Waals surface area (Å²) in [5.41, 5.74) is 1.98. The molecule has 3 aromatic rings. The molecular formula is C15H13N5O2. The Morgan fingerprint density at radius 1 is 1.32 bits per heavy atom. The molecule has 2 aromatic heterocycles. The average molecular weight is 295 g/mol. The van der Waals surface area contributed by atoms with E-state index in [0.29, 0.717) is 36.8 Å². The molecule has 0 bridgehead atoms. The number of hydrogen-bond acceptors (Lipinski definition) is 5. The Hall–Kier alpha value is -2.96. The minimum Gasteiger partial charge on any atom is -0.488 e. The molecular weight excluding hydrogens is 282 g/mol. The first-order valence-electron chi connectivity index (χ1n) is 6.97. The second-order valence-electron chi connectivity index (χ2n) is 5.03. The third-order valence-corrected chi connectivity index (χ3v) is 3.68. The van der Waals surface area contributed by atoms with E-state index >= 15 is 0 Å². The fourth-order valence-corrected chi connectivity index (χ4v) is 2.56. The summed E-state index contributed by atoms with van der Waals surface area (Å²) in [7, 11) is 0. The van der Waals surface area contributed by atoms with Gasteiger partial charge in [-0.3, -0.25) is 9.89 Å². The first-order chi connectivity index (χ1) is 10.8. The normalized spacial score (nSPS) is 14.3. The van der Waals surface area contributed by atoms with Crippen molar-refractivity contribution in [3.05, 3.63) is 48.2 Å². The zero-order valence-corrected chi connectivity index (χ0v) is 11.7. The number of para-hydroxylation sites is 1. The summed E-state index contributed by atoms with van der Waals surface area (Å²) in [6.45, 7) is 1.28. The quantitative estimate of drug-likeness (QED) is 0.733. The number of aromatic amines is 1. The van der Waals surface area contributed by atoms with Crippen LogP contribution in [0.25, 0.3) is 10.9 Å². The summed E-state index contributed by atoms with van der Waals surface area (Å²) in [6.07, 6.45) is 3.08. The minimum absolute atomic E-state index is 0.132. The van der Waals surface area contributed by atoms with Crippen LogP contribution in [0.1, 0.15) is 16.2 Å². The number of aromatic nitrogens is 4. The monoisotopic (exact) mass is 295 g/mol. The number of carbonyl (C=O) groups is 1. The van der Waals surface area contributed by atoms with Crippen molar-refractivity contribution < 1.29 is 9.53 Å². The molecule has 0 saturated heterocycles. The lowest BCUT2D eigenvalue weighted by molar-refractivity contribution is 0.0728. The van der Waals surface area contributed by atoms with Gasteiger partial charge in [-0.2, -0.15) is 5.10 Å². The molecule has 0 saturated carbocycles. The molecule has 0 unspecified atom stereocenters. The van der Waals surface area contributed by atoms with Crippen molar-refractivity contribution in [1.29, 1.82) is 0 Å².